The monoisotopic (exact) mass is 417 g/mol. The van der Waals surface area contributed by atoms with Crippen LogP contribution in [0.3, 0.4) is 0 Å². The van der Waals surface area contributed by atoms with E-state index in [9.17, 15) is 14.7 Å². The fourth-order valence-corrected chi connectivity index (χ4v) is 2.83. The van der Waals surface area contributed by atoms with Crippen molar-refractivity contribution in [1.29, 1.82) is 0 Å². The van der Waals surface area contributed by atoms with Crippen molar-refractivity contribution in [3.05, 3.63) is 47.3 Å². The van der Waals surface area contributed by atoms with E-state index in [2.05, 4.69) is 9.97 Å². The molecule has 2 aromatic rings. The Kier molecular flexibility index (Phi) is 7.17. The molecule has 0 aliphatic carbocycles. The van der Waals surface area contributed by atoms with Gasteiger partial charge in [0.15, 0.2) is 11.3 Å². The van der Waals surface area contributed by atoms with Crippen LogP contribution in [0.2, 0.25) is 0 Å². The number of carboxylic acid groups (broad SMARTS) is 1. The quantitative estimate of drug-likeness (QED) is 0.241. The summed E-state index contributed by atoms with van der Waals surface area (Å²) in [6.45, 7) is 1.52. The van der Waals surface area contributed by atoms with Gasteiger partial charge in [0.25, 0.3) is 0 Å². The predicted molar refractivity (Wildman–Crippen MR) is 106 cm³/mol. The number of ether oxygens (including phenoxy) is 4. The number of carbonyl (C=O) groups is 2. The zero-order valence-corrected chi connectivity index (χ0v) is 16.7. The minimum atomic E-state index is -1.35. The maximum atomic E-state index is 12.7. The molecular weight excluding hydrogens is 394 g/mol. The normalized spacial score (nSPS) is 15.3. The van der Waals surface area contributed by atoms with E-state index in [4.69, 9.17) is 18.9 Å². The van der Waals surface area contributed by atoms with Gasteiger partial charge in [-0.1, -0.05) is 0 Å². The Labute approximate surface area is 172 Å². The second-order valence-corrected chi connectivity index (χ2v) is 6.42. The average Bonchev–Trinajstić information content (AvgIpc) is 3.29. The summed E-state index contributed by atoms with van der Waals surface area (Å²) < 4.78 is 21.0. The Morgan fingerprint density at radius 2 is 2.13 bits per heavy atom. The number of allylic oxidation sites excluding steroid dienone is 1. The van der Waals surface area contributed by atoms with E-state index in [-0.39, 0.29) is 25.0 Å². The van der Waals surface area contributed by atoms with Crippen LogP contribution in [0.25, 0.3) is 17.1 Å². The number of likely N-dealkylation sites (N-methyl/N-ethyl adjacent to an activating group) is 1. The number of carboxylic acids is 1. The number of Topliss-reactive ketones (excluding diaryl/α,β-unsaturated/α-hetero) is 1. The third-order valence-corrected chi connectivity index (χ3v) is 4.37. The van der Waals surface area contributed by atoms with Gasteiger partial charge in [0.1, 0.15) is 12.4 Å². The number of ketones is 1. The molecule has 1 aliphatic heterocycles. The Morgan fingerprint density at radius 1 is 1.33 bits per heavy atom. The van der Waals surface area contributed by atoms with Gasteiger partial charge in [-0.2, -0.15) is 0 Å². The lowest BCUT2D eigenvalue weighted by Crippen LogP contribution is -2.25. The van der Waals surface area contributed by atoms with Crippen molar-refractivity contribution in [3.8, 4) is 0 Å². The van der Waals surface area contributed by atoms with E-state index in [1.54, 1.807) is 32.6 Å². The van der Waals surface area contributed by atoms with Crippen LogP contribution >= 0.6 is 0 Å². The molecule has 10 nitrogen and oxygen atoms in total. The number of nitrogens with one attached hydrogen (secondary N) is 1. The molecule has 0 bridgehead atoms. The minimum Gasteiger partial charge on any atom is -0.477 e. The fourth-order valence-electron chi connectivity index (χ4n) is 2.83. The molecular formula is C20H23N3O7. The first-order chi connectivity index (χ1) is 14.5. The zero-order chi connectivity index (χ0) is 21.5. The van der Waals surface area contributed by atoms with E-state index < -0.39 is 17.3 Å². The van der Waals surface area contributed by atoms with Crippen molar-refractivity contribution in [2.75, 3.05) is 47.3 Å². The van der Waals surface area contributed by atoms with Gasteiger partial charge < -0.3 is 33.9 Å². The van der Waals surface area contributed by atoms with Crippen molar-refractivity contribution in [2.24, 2.45) is 0 Å². The molecule has 0 radical (unpaired) electrons. The van der Waals surface area contributed by atoms with Crippen LogP contribution in [0.15, 0.2) is 41.7 Å². The van der Waals surface area contributed by atoms with E-state index in [0.29, 0.717) is 31.0 Å². The van der Waals surface area contributed by atoms with Gasteiger partial charge in [0.05, 0.1) is 19.8 Å². The number of carbonyl (C=O) groups excluding carboxylic acids is 1. The van der Waals surface area contributed by atoms with E-state index in [1.165, 1.54) is 11.0 Å². The molecule has 2 aromatic heterocycles. The molecule has 160 valence electrons. The van der Waals surface area contributed by atoms with Crippen LogP contribution in [0, 0.1) is 0 Å². The third-order valence-electron chi connectivity index (χ3n) is 4.37. The molecule has 0 aromatic carbocycles. The fraction of sp³-hybridized carbons (Fsp3) is 0.350. The van der Waals surface area contributed by atoms with E-state index in [1.807, 2.05) is 6.07 Å². The largest absolute Gasteiger partial charge is 0.477 e. The number of nitrogens with zero attached hydrogens (tertiary/aromatic N) is 2. The van der Waals surface area contributed by atoms with Crippen LogP contribution in [0.5, 0.6) is 0 Å². The van der Waals surface area contributed by atoms with Crippen LogP contribution in [-0.4, -0.2) is 79.0 Å². The highest BCUT2D eigenvalue weighted by Crippen LogP contribution is 2.30. The van der Waals surface area contributed by atoms with Gasteiger partial charge in [-0.25, -0.2) is 9.78 Å². The summed E-state index contributed by atoms with van der Waals surface area (Å²) in [4.78, 5) is 33.0. The van der Waals surface area contributed by atoms with Crippen molar-refractivity contribution in [2.45, 2.75) is 0 Å². The predicted octanol–water partition coefficient (Wildman–Crippen LogP) is 1.37. The molecule has 0 spiro atoms. The number of methoxy groups -OCH3 is 1. The number of hydrogen-bond donors (Lipinski definition) is 2. The van der Waals surface area contributed by atoms with Crippen molar-refractivity contribution in [1.82, 2.24) is 14.9 Å². The Morgan fingerprint density at radius 3 is 2.90 bits per heavy atom. The summed E-state index contributed by atoms with van der Waals surface area (Å²) in [6, 6.07) is 3.61. The third kappa shape index (κ3) is 4.85. The maximum absolute atomic E-state index is 12.7. The van der Waals surface area contributed by atoms with Crippen molar-refractivity contribution < 1.29 is 33.6 Å². The molecule has 0 atom stereocenters. The second kappa shape index (κ2) is 10.0. The Hall–Kier alpha value is -3.21. The molecule has 2 N–H and O–H groups in total. The zero-order valence-electron chi connectivity index (χ0n) is 16.7. The number of aromatic amines is 1. The highest BCUT2D eigenvalue weighted by molar-refractivity contribution is 6.26. The lowest BCUT2D eigenvalue weighted by molar-refractivity contribution is -0.134. The molecule has 10 heteroatoms. The molecule has 0 saturated heterocycles. The van der Waals surface area contributed by atoms with Crippen LogP contribution in [-0.2, 0) is 28.5 Å². The topological polar surface area (TPSA) is 123 Å². The first kappa shape index (κ1) is 21.5. The van der Waals surface area contributed by atoms with Gasteiger partial charge >= 0.3 is 5.97 Å². The molecule has 30 heavy (non-hydrogen) atoms. The summed E-state index contributed by atoms with van der Waals surface area (Å²) in [5, 5.41) is 10.3. The number of hydrogen-bond acceptors (Lipinski definition) is 8. The molecule has 0 unspecified atom stereocenters. The van der Waals surface area contributed by atoms with Gasteiger partial charge in [-0.3, -0.25) is 4.79 Å². The smallest absolute Gasteiger partial charge is 0.345 e. The van der Waals surface area contributed by atoms with E-state index in [0.717, 1.165) is 5.39 Å². The lowest BCUT2D eigenvalue weighted by atomic mass is 10.1. The molecule has 0 fully saturated rings. The summed E-state index contributed by atoms with van der Waals surface area (Å²) in [5.41, 5.74) is 0.910. The Bertz CT molecular complexity index is 980. The number of aromatic nitrogens is 2. The number of aliphatic carboxylic acids is 1. The second-order valence-electron chi connectivity index (χ2n) is 6.42. The SMILES string of the molecule is COCCOCOCCN(C)C1=C(C(=O)O)C(=O)C(=Cc2c[nH]c3ncccc23)O1. The molecule has 0 saturated carbocycles. The number of H-pyrrole nitrogens is 1. The molecule has 3 heterocycles. The summed E-state index contributed by atoms with van der Waals surface area (Å²) >= 11 is 0. The number of pyridine rings is 1. The van der Waals surface area contributed by atoms with Gasteiger partial charge in [-0.15, -0.1) is 0 Å². The van der Waals surface area contributed by atoms with Crippen LogP contribution in [0.4, 0.5) is 0 Å². The molecule has 1 aliphatic rings. The highest BCUT2D eigenvalue weighted by atomic mass is 16.7. The van der Waals surface area contributed by atoms with Crippen LogP contribution < -0.4 is 0 Å². The standard InChI is InChI=1S/C20H23N3O7/c1-23(6-7-28-12-29-9-8-27-2)19-16(20(25)26)17(24)15(30-19)10-13-11-22-18-14(13)4-3-5-21-18/h3-5,10-11H,6-9,12H2,1-2H3,(H,21,22)(H,25,26). The summed E-state index contributed by atoms with van der Waals surface area (Å²) in [7, 11) is 3.20. The van der Waals surface area contributed by atoms with Crippen molar-refractivity contribution in [3.63, 3.8) is 0 Å². The first-order valence-electron chi connectivity index (χ1n) is 9.22. The first-order valence-corrected chi connectivity index (χ1v) is 9.22. The Balaban J connectivity index is 1.68. The summed E-state index contributed by atoms with van der Waals surface area (Å²) in [6.07, 6.45) is 4.84. The lowest BCUT2D eigenvalue weighted by Gasteiger charge is -2.19. The minimum absolute atomic E-state index is 0.0272. The summed E-state index contributed by atoms with van der Waals surface area (Å²) in [5.74, 6) is -2.13. The molecule has 0 amide bonds. The van der Waals surface area contributed by atoms with Gasteiger partial charge in [0.2, 0.25) is 11.7 Å². The number of fused-ring (bicyclic) bond motifs is 1. The average molecular weight is 417 g/mol. The van der Waals surface area contributed by atoms with Gasteiger partial charge in [-0.05, 0) is 18.2 Å². The highest BCUT2D eigenvalue weighted by Gasteiger charge is 2.37. The van der Waals surface area contributed by atoms with Crippen molar-refractivity contribution >= 4 is 28.9 Å². The number of rotatable bonds is 11. The maximum Gasteiger partial charge on any atom is 0.345 e. The van der Waals surface area contributed by atoms with E-state index >= 15 is 0 Å². The van der Waals surface area contributed by atoms with Gasteiger partial charge in [0, 0.05) is 44.0 Å². The molecule has 3 rings (SSSR count). The van der Waals surface area contributed by atoms with Crippen LogP contribution in [0.1, 0.15) is 5.56 Å².